The van der Waals surface area contributed by atoms with Gasteiger partial charge in [0.1, 0.15) is 0 Å². The third-order valence-corrected chi connectivity index (χ3v) is 17.0. The minimum atomic E-state index is -0.563. The molecule has 41 heavy (non-hydrogen) atoms. The number of rotatable bonds is 30. The second kappa shape index (κ2) is 31.0. The van der Waals surface area contributed by atoms with E-state index in [-0.39, 0.29) is 45.1 Å². The Morgan fingerprint density at radius 3 is 1.12 bits per heavy atom. The predicted octanol–water partition coefficient (Wildman–Crippen LogP) is 5.22. The van der Waals surface area contributed by atoms with Crippen LogP contribution in [0.1, 0.15) is 0 Å². The Labute approximate surface area is 301 Å². The third-order valence-electron chi connectivity index (χ3n) is 4.96. The summed E-state index contributed by atoms with van der Waals surface area (Å²) in [7, 11) is 0. The number of thioether (sulfide) groups is 7. The van der Waals surface area contributed by atoms with Gasteiger partial charge in [-0.1, -0.05) is 0 Å². The Morgan fingerprint density at radius 2 is 0.732 bits per heavy atom. The summed E-state index contributed by atoms with van der Waals surface area (Å²) in [6.07, 6.45) is -2.73. The molecule has 5 nitrogen and oxygen atoms in total. The first-order valence-corrected chi connectivity index (χ1v) is 23.5. The zero-order chi connectivity index (χ0) is 30.9. The molecule has 0 fully saturated rings. The average molecular weight is 815 g/mol. The van der Waals surface area contributed by atoms with Gasteiger partial charge in [0.2, 0.25) is 0 Å². The van der Waals surface area contributed by atoms with E-state index in [1.54, 1.807) is 58.8 Å². The number of hydrogen-bond donors (Lipinski definition) is 5. The van der Waals surface area contributed by atoms with Crippen LogP contribution < -0.4 is 0 Å². The molecule has 0 aliphatic heterocycles. The van der Waals surface area contributed by atoms with E-state index in [9.17, 15) is 25.5 Å². The van der Waals surface area contributed by atoms with E-state index in [0.717, 1.165) is 34.5 Å². The molecule has 0 aliphatic carbocycles. The number of hydrogen-bond acceptors (Lipinski definition) is 12. The van der Waals surface area contributed by atoms with E-state index in [1.807, 2.05) is 23.5 Å². The second-order valence-electron chi connectivity index (χ2n) is 8.97. The van der Waals surface area contributed by atoms with Gasteiger partial charge in [-0.2, -0.15) is 82.3 Å². The smallest absolute Gasteiger partial charge is 0.0765 e. The maximum absolute atomic E-state index is 10.1. The lowest BCUT2D eigenvalue weighted by Crippen LogP contribution is -2.31. The van der Waals surface area contributed by atoms with Crippen molar-refractivity contribution in [2.45, 2.75) is 46.3 Å². The quantitative estimate of drug-likeness (QED) is 0.0486. The minimum absolute atomic E-state index is 0.197. The average Bonchev–Trinajstić information content (AvgIpc) is 2.98. The summed E-state index contributed by atoms with van der Waals surface area (Å²) >= 11 is 41.3. The van der Waals surface area contributed by atoms with Crippen LogP contribution in [0.25, 0.3) is 0 Å². The molecule has 17 heteroatoms. The first-order valence-electron chi connectivity index (χ1n) is 13.1. The van der Waals surface area contributed by atoms with Crippen LogP contribution in [0, 0.1) is 0 Å². The lowest BCUT2D eigenvalue weighted by atomic mass is 10.3. The lowest BCUT2D eigenvalue weighted by Gasteiger charge is -2.30. The lowest BCUT2D eigenvalue weighted by molar-refractivity contribution is 0.223. The normalized spacial score (nSPS) is 18.0. The Morgan fingerprint density at radius 1 is 0.390 bits per heavy atom. The van der Waals surface area contributed by atoms with Crippen molar-refractivity contribution in [1.82, 2.24) is 0 Å². The highest BCUT2D eigenvalue weighted by Crippen LogP contribution is 2.36. The van der Waals surface area contributed by atoms with Crippen LogP contribution in [0.5, 0.6) is 0 Å². The van der Waals surface area contributed by atoms with Crippen molar-refractivity contribution < 1.29 is 25.5 Å². The Hall–Kier alpha value is 3.70. The van der Waals surface area contributed by atoms with E-state index < -0.39 is 30.5 Å². The van der Waals surface area contributed by atoms with Gasteiger partial charge >= 0.3 is 0 Å². The van der Waals surface area contributed by atoms with Gasteiger partial charge in [0.15, 0.2) is 0 Å². The molecular formula is C24H45Cl5O5S7. The van der Waals surface area contributed by atoms with Crippen molar-refractivity contribution in [3.8, 4) is 0 Å². The highest BCUT2D eigenvalue weighted by atomic mass is 35.5. The molecule has 0 amide bonds. The fourth-order valence-electron chi connectivity index (χ4n) is 2.88. The van der Waals surface area contributed by atoms with Crippen LogP contribution in [-0.2, 0) is 0 Å². The molecule has 0 aromatic rings. The van der Waals surface area contributed by atoms with Gasteiger partial charge in [0, 0.05) is 108 Å². The summed E-state index contributed by atoms with van der Waals surface area (Å²) in [4.78, 5) is 0. The number of halogens is 5. The third kappa shape index (κ3) is 26.4. The summed E-state index contributed by atoms with van der Waals surface area (Å²) in [6.45, 7) is 0. The highest BCUT2D eigenvalue weighted by molar-refractivity contribution is 8.09. The van der Waals surface area contributed by atoms with E-state index in [0.29, 0.717) is 28.8 Å². The first kappa shape index (κ1) is 44.7. The SMILES string of the molecule is OC(CCl)CSCCSC(CSCC(O)CCl)C(CSCC(O)CCl)SC(CSCC(O)CCl)CSCC(O)CCl. The van der Waals surface area contributed by atoms with Crippen LogP contribution >= 0.6 is 140 Å². The highest BCUT2D eigenvalue weighted by Gasteiger charge is 2.27. The molecule has 7 unspecified atom stereocenters. The van der Waals surface area contributed by atoms with E-state index in [4.69, 9.17) is 58.0 Å². The van der Waals surface area contributed by atoms with Crippen LogP contribution in [0.3, 0.4) is 0 Å². The van der Waals surface area contributed by atoms with Crippen LogP contribution in [0.15, 0.2) is 0 Å². The summed E-state index contributed by atoms with van der Waals surface area (Å²) < 4.78 is 0. The Kier molecular flexibility index (Phi) is 33.8. The topological polar surface area (TPSA) is 101 Å². The molecule has 0 aliphatic rings. The van der Waals surface area contributed by atoms with Crippen molar-refractivity contribution in [3.05, 3.63) is 0 Å². The molecule has 0 rings (SSSR count). The molecule has 5 N–H and O–H groups in total. The molecule has 0 aromatic heterocycles. The van der Waals surface area contributed by atoms with Crippen LogP contribution in [0.4, 0.5) is 0 Å². The van der Waals surface area contributed by atoms with Crippen LogP contribution in [0.2, 0.25) is 0 Å². The fraction of sp³-hybridized carbons (Fsp3) is 1.00. The van der Waals surface area contributed by atoms with Gasteiger partial charge in [-0.05, 0) is 0 Å². The molecule has 248 valence electrons. The molecule has 0 saturated carbocycles. The number of aliphatic hydroxyl groups excluding tert-OH is 5. The molecule has 0 heterocycles. The van der Waals surface area contributed by atoms with Crippen molar-refractivity contribution in [3.63, 3.8) is 0 Å². The van der Waals surface area contributed by atoms with E-state index in [1.165, 1.54) is 0 Å². The molecule has 7 atom stereocenters. The number of alkyl halides is 5. The predicted molar refractivity (Wildman–Crippen MR) is 202 cm³/mol. The van der Waals surface area contributed by atoms with Crippen molar-refractivity contribution >= 4 is 140 Å². The number of aliphatic hydroxyl groups is 5. The maximum atomic E-state index is 10.1. The summed E-state index contributed by atoms with van der Waals surface area (Å²) in [6, 6.07) is 0. The zero-order valence-electron chi connectivity index (χ0n) is 22.9. The monoisotopic (exact) mass is 812 g/mol. The molecule has 0 bridgehead atoms. The Bertz CT molecular complexity index is 573. The van der Waals surface area contributed by atoms with Gasteiger partial charge in [-0.25, -0.2) is 0 Å². The van der Waals surface area contributed by atoms with Crippen molar-refractivity contribution in [2.24, 2.45) is 0 Å². The van der Waals surface area contributed by atoms with Gasteiger partial charge in [0.25, 0.3) is 0 Å². The van der Waals surface area contributed by atoms with Crippen molar-refractivity contribution in [2.75, 3.05) is 92.7 Å². The Balaban J connectivity index is 5.59. The fourth-order valence-corrected chi connectivity index (χ4v) is 14.0. The standard InChI is InChI=1S/C24H45Cl5O5S7/c25-3-17(30)8-35-1-2-40-23(15-38-11-20(33)6-28)24(16-39-12-21(34)7-29)41-22(13-36-9-18(31)4-26)14-37-10-19(32)5-27/h17-24,30-34H,1-16H2. The molecule has 0 spiro atoms. The minimum Gasteiger partial charge on any atom is -0.391 e. The van der Waals surface area contributed by atoms with Gasteiger partial charge < -0.3 is 25.5 Å². The molecular weight excluding hydrogens is 770 g/mol. The van der Waals surface area contributed by atoms with Gasteiger partial charge in [-0.3, -0.25) is 0 Å². The summed E-state index contributed by atoms with van der Waals surface area (Å²) in [5.41, 5.74) is 0. The van der Waals surface area contributed by atoms with E-state index in [2.05, 4.69) is 0 Å². The van der Waals surface area contributed by atoms with Gasteiger partial charge in [-0.15, -0.1) is 58.0 Å². The molecule has 0 aromatic carbocycles. The first-order chi connectivity index (χ1) is 19.7. The molecule has 0 saturated heterocycles. The largest absolute Gasteiger partial charge is 0.391 e. The summed E-state index contributed by atoms with van der Waals surface area (Å²) in [5, 5.41) is 50.5. The summed E-state index contributed by atoms with van der Waals surface area (Å²) in [5.74, 6) is 9.01. The zero-order valence-corrected chi connectivity index (χ0v) is 32.4. The van der Waals surface area contributed by atoms with Gasteiger partial charge in [0.05, 0.1) is 30.5 Å². The van der Waals surface area contributed by atoms with Crippen molar-refractivity contribution in [1.29, 1.82) is 0 Å². The maximum Gasteiger partial charge on any atom is 0.0765 e. The molecule has 0 radical (unpaired) electrons. The van der Waals surface area contributed by atoms with Crippen LogP contribution in [-0.4, -0.2) is 164 Å². The van der Waals surface area contributed by atoms with E-state index >= 15 is 0 Å². The second-order valence-corrected chi connectivity index (χ2v) is 18.9.